The summed E-state index contributed by atoms with van der Waals surface area (Å²) in [5.74, 6) is 5.12. The molecule has 0 radical (unpaired) electrons. The summed E-state index contributed by atoms with van der Waals surface area (Å²) in [4.78, 5) is 53.9. The maximum Gasteiger partial charge on any atom is 0.514 e. The number of nitrogens with one attached hydrogen (secondary N) is 7. The largest absolute Gasteiger partial charge is 0.628 e. The Morgan fingerprint density at radius 1 is 0.656 bits per heavy atom. The topological polar surface area (TPSA) is 333 Å². The van der Waals surface area contributed by atoms with E-state index in [4.69, 9.17) is 52.1 Å². The molecule has 10 rings (SSSR count). The third-order valence-electron chi connectivity index (χ3n) is 25.5. The number of amides is 3. The highest BCUT2D eigenvalue weighted by Crippen LogP contribution is 2.63. The Hall–Kier alpha value is -7.48. The van der Waals surface area contributed by atoms with Gasteiger partial charge in [-0.2, -0.15) is 0 Å². The Morgan fingerprint density at radius 3 is 1.98 bits per heavy atom. The van der Waals surface area contributed by atoms with Crippen LogP contribution in [0.5, 0.6) is 5.75 Å². The molecular weight excluding hydrogens is 1560 g/mol. The molecule has 26 heteroatoms. The van der Waals surface area contributed by atoms with Crippen molar-refractivity contribution in [2.45, 2.75) is 218 Å². The molecule has 3 amide bonds. The number of rotatable bonds is 56. The fraction of sp³-hybridized carbons (Fsp3) is 0.625. The van der Waals surface area contributed by atoms with Gasteiger partial charge in [0.05, 0.1) is 110 Å². The van der Waals surface area contributed by atoms with Gasteiger partial charge in [0, 0.05) is 57.3 Å². The molecule has 0 saturated heterocycles. The zero-order valence-corrected chi connectivity index (χ0v) is 72.9. The van der Waals surface area contributed by atoms with E-state index < -0.39 is 53.3 Å². The number of carbonyl (C=O) groups excluding carboxylic acids is 4. The molecule has 122 heavy (non-hydrogen) atoms. The molecule has 3 saturated carbocycles. The minimum Gasteiger partial charge on any atom is -0.628 e. The lowest BCUT2D eigenvalue weighted by molar-refractivity contribution is -0.715. The Balaban J connectivity index is 0.558. The number of alkyl carbamates (subject to hydrolysis) is 1. The van der Waals surface area contributed by atoms with Crippen molar-refractivity contribution in [1.29, 1.82) is 0 Å². The highest BCUT2D eigenvalue weighted by Gasteiger charge is 2.55. The highest BCUT2D eigenvalue weighted by atomic mass is 16.8. The second-order valence-electron chi connectivity index (χ2n) is 34.3. The smallest absolute Gasteiger partial charge is 0.514 e. The van der Waals surface area contributed by atoms with Gasteiger partial charge in [-0.1, -0.05) is 156 Å². The number of aliphatic hydroxyl groups is 2. The van der Waals surface area contributed by atoms with E-state index in [0.717, 1.165) is 110 Å². The molecule has 3 aromatic rings. The Morgan fingerprint density at radius 2 is 1.34 bits per heavy atom. The van der Waals surface area contributed by atoms with Crippen LogP contribution in [0.2, 0.25) is 0 Å². The van der Waals surface area contributed by atoms with Crippen molar-refractivity contribution in [2.75, 3.05) is 125 Å². The van der Waals surface area contributed by atoms with E-state index >= 15 is 0 Å². The molecule has 0 aromatic heterocycles. The summed E-state index contributed by atoms with van der Waals surface area (Å²) in [5, 5.41) is 63.0. The average molecular weight is 1700 g/mol. The number of aliphatic hydroxyl groups excluding tert-OH is 2. The summed E-state index contributed by atoms with van der Waals surface area (Å²) in [6, 6.07) is 20.6. The Labute approximate surface area is 723 Å². The van der Waals surface area contributed by atoms with Gasteiger partial charge in [0.25, 0.3) is 0 Å². The molecule has 0 spiro atoms. The van der Waals surface area contributed by atoms with Crippen LogP contribution in [0.1, 0.15) is 180 Å². The van der Waals surface area contributed by atoms with Gasteiger partial charge in [-0.3, -0.25) is 14.9 Å². The second-order valence-corrected chi connectivity index (χ2v) is 34.3. The summed E-state index contributed by atoms with van der Waals surface area (Å²) in [7, 11) is 1.72. The molecule has 7 aliphatic carbocycles. The summed E-state index contributed by atoms with van der Waals surface area (Å²) < 4.78 is 61.8. The van der Waals surface area contributed by atoms with Crippen molar-refractivity contribution >= 4 is 35.4 Å². The highest BCUT2D eigenvalue weighted by molar-refractivity contribution is 5.88. The van der Waals surface area contributed by atoms with Crippen molar-refractivity contribution in [1.82, 2.24) is 26.6 Å². The molecule has 0 bridgehead atoms. The number of benzene rings is 3. The standard InChI is InChI=1S/C96H140N7O19/c1-69(2)18-17-19-70(3)82-41-42-84-83(82)43-44-86-85(84)40-31-76-67-81(47-48-95(76,86)4)121-93(108)98-51-53-114-55-57-116-59-61-118-63-65-119-64-62-117-60-58-115-56-54-113-52-50-97-89(104)45-46-90(105)101-88(66-71-20-9-6-10-21-71)92(107)102-87(91(106)100-77-32-27-72(28-33-77)68-120-94(109)122-80-38-34-78(35-39-80)103(110)111)26-15-16-49-99-96(73-22-11-7-12-23-73,74-24-13-8-14-25-74)75-29-36-79(112-5)37-30-75/h7-9,11-13,20-24,27-36,38-39,69-70,79,81-89,91,97,99-100,103-104,106H,6,10,14-19,25-26,37,40-68H2,1-5H3,(H,98,108)(H,101,105)(H,102,107)/q-1/t70?,79?,81?,82-,83?,84-,85?,86+,87+,88+,89?,91?,95+,96?/m1/s1. The van der Waals surface area contributed by atoms with Crippen LogP contribution in [0.25, 0.3) is 0 Å². The van der Waals surface area contributed by atoms with E-state index in [-0.39, 0.29) is 61.0 Å². The first-order chi connectivity index (χ1) is 59.4. The van der Waals surface area contributed by atoms with E-state index in [0.29, 0.717) is 143 Å². The van der Waals surface area contributed by atoms with Gasteiger partial charge in [0.15, 0.2) is 0 Å². The zero-order valence-electron chi connectivity index (χ0n) is 72.9. The Bertz CT molecular complexity index is 3840. The van der Waals surface area contributed by atoms with Crippen LogP contribution in [0.3, 0.4) is 0 Å². The van der Waals surface area contributed by atoms with Crippen LogP contribution in [0, 0.1) is 57.3 Å². The predicted octanol–water partition coefficient (Wildman–Crippen LogP) is 13.7. The van der Waals surface area contributed by atoms with E-state index in [1.54, 1.807) is 31.4 Å². The first-order valence-electron chi connectivity index (χ1n) is 45.2. The van der Waals surface area contributed by atoms with Crippen LogP contribution < -0.4 is 41.9 Å². The van der Waals surface area contributed by atoms with Crippen LogP contribution >= 0.6 is 0 Å². The molecule has 9 N–H and O–H groups in total. The predicted molar refractivity (Wildman–Crippen MR) is 470 cm³/mol. The molecule has 0 aliphatic heterocycles. The molecule has 7 aliphatic rings. The lowest BCUT2D eigenvalue weighted by atomic mass is 9.50. The van der Waals surface area contributed by atoms with Crippen molar-refractivity contribution in [3.8, 4) is 5.75 Å². The van der Waals surface area contributed by atoms with Crippen LogP contribution in [-0.4, -0.2) is 190 Å². The van der Waals surface area contributed by atoms with E-state index in [1.165, 1.54) is 86.8 Å². The number of unbranched alkanes of at least 4 members (excludes halogenated alkanes) is 1. The van der Waals surface area contributed by atoms with Crippen molar-refractivity contribution < 1.29 is 86.7 Å². The fourth-order valence-electron chi connectivity index (χ4n) is 19.0. The zero-order chi connectivity index (χ0) is 86.2. The fourth-order valence-corrected chi connectivity index (χ4v) is 19.0. The molecule has 3 aromatic carbocycles. The van der Waals surface area contributed by atoms with Crippen molar-refractivity contribution in [3.63, 3.8) is 0 Å². The molecule has 674 valence electrons. The van der Waals surface area contributed by atoms with Gasteiger partial charge < -0.3 is 105 Å². The van der Waals surface area contributed by atoms with Crippen molar-refractivity contribution in [3.05, 3.63) is 183 Å². The third-order valence-corrected chi connectivity index (χ3v) is 25.5. The van der Waals surface area contributed by atoms with Crippen molar-refractivity contribution in [2.24, 2.45) is 46.8 Å². The van der Waals surface area contributed by atoms with E-state index in [2.05, 4.69) is 132 Å². The quantitative estimate of drug-likeness (QED) is 0.00633. The number of hydrogen-bond donors (Lipinski definition) is 9. The Kier molecular flexibility index (Phi) is 41.6. The molecule has 3 fully saturated rings. The number of anilines is 1. The van der Waals surface area contributed by atoms with Crippen LogP contribution in [-0.2, 0) is 69.1 Å². The number of ether oxygens (including phenoxy) is 11. The summed E-state index contributed by atoms with van der Waals surface area (Å²) in [5.41, 5.74) is 6.56. The van der Waals surface area contributed by atoms with E-state index in [9.17, 15) is 39.8 Å². The second kappa shape index (κ2) is 52.5. The summed E-state index contributed by atoms with van der Waals surface area (Å²) in [6.07, 6.45) is 37.6. The third kappa shape index (κ3) is 31.0. The molecule has 26 nitrogen and oxygen atoms in total. The minimum absolute atomic E-state index is 0.0236. The molecule has 14 atom stereocenters. The monoisotopic (exact) mass is 1700 g/mol. The van der Waals surface area contributed by atoms with Gasteiger partial charge in [-0.15, -0.1) is 0 Å². The number of allylic oxidation sites excluding steroid dienone is 7. The first-order valence-corrected chi connectivity index (χ1v) is 45.2. The number of methoxy groups -OCH3 is 1. The number of hydrogen-bond acceptors (Lipinski definition) is 22. The van der Waals surface area contributed by atoms with Gasteiger partial charge in [0.2, 0.25) is 11.8 Å². The van der Waals surface area contributed by atoms with Crippen LogP contribution in [0.4, 0.5) is 21.0 Å². The SMILES string of the molecule is COC1C=CC(C(NCCCC[C@H](NC(=O)[C@H](CC2=CCCC=C2)NC(=O)CCC(O)NCCOCCOCCOCCOCCOCCOCCOCCNC(=O)OC2CC[C@@]3(C)C(=CCC4[C@@H]5CC[C@H](C(C)CCCC(C)C)C5CC[C@@H]43)C2)C(O)Nc2ccc(COC(=O)Oc3ccc([NH+]([O-])[O-])cc3)cc2)(C2=CC=CCC2)c2ccccc2)=CC1. The molecular formula is C96H140N7O19-. The number of fused-ring (bicyclic) bond motifs is 5. The number of carbonyl (C=O) groups is 4. The normalized spacial score (nSPS) is 22.8. The lowest BCUT2D eigenvalue weighted by Crippen LogP contribution is -2.96. The minimum atomic E-state index is -1.36. The van der Waals surface area contributed by atoms with Gasteiger partial charge in [0.1, 0.15) is 42.6 Å². The van der Waals surface area contributed by atoms with Gasteiger partial charge >= 0.3 is 12.2 Å². The lowest BCUT2D eigenvalue weighted by Gasteiger charge is -2.55. The summed E-state index contributed by atoms with van der Waals surface area (Å²) >= 11 is 0. The van der Waals surface area contributed by atoms with E-state index in [1.807, 2.05) is 18.2 Å². The maximum absolute atomic E-state index is 14.7. The molecule has 8 unspecified atom stereocenters. The van der Waals surface area contributed by atoms with Crippen LogP contribution in [0.15, 0.2) is 162 Å². The maximum atomic E-state index is 14.7. The van der Waals surface area contributed by atoms with Gasteiger partial charge in [-0.05, 0) is 208 Å². The summed E-state index contributed by atoms with van der Waals surface area (Å²) in [6.45, 7) is 16.4. The van der Waals surface area contributed by atoms with Gasteiger partial charge in [-0.25, -0.2) is 9.59 Å². The number of quaternary nitrogens is 1. The average Bonchev–Trinajstić information content (AvgIpc) is 1.37. The first kappa shape index (κ1) is 96.7. The molecule has 0 heterocycles.